The van der Waals surface area contributed by atoms with E-state index in [0.717, 1.165) is 0 Å². The van der Waals surface area contributed by atoms with Crippen LogP contribution in [0.2, 0.25) is 0 Å². The van der Waals surface area contributed by atoms with E-state index in [0.29, 0.717) is 0 Å². The van der Waals surface area contributed by atoms with Gasteiger partial charge in [-0.3, -0.25) is 0 Å². The molecule has 3 nitrogen and oxygen atoms in total. The highest BCUT2D eigenvalue weighted by atomic mass is 35.5. The van der Waals surface area contributed by atoms with Crippen LogP contribution in [0.5, 0.6) is 0 Å². The fourth-order valence-corrected chi connectivity index (χ4v) is 1.22. The van der Waals surface area contributed by atoms with E-state index in [9.17, 15) is 8.42 Å². The molecule has 0 aliphatic heterocycles. The van der Waals surface area contributed by atoms with Gasteiger partial charge in [0, 0.05) is 5.88 Å². The number of hydrogen-bond acceptors (Lipinski definition) is 2. The lowest BCUT2D eigenvalue weighted by Crippen LogP contribution is -2.22. The number of sulfonamides is 1. The van der Waals surface area contributed by atoms with Crippen LogP contribution in [0.25, 0.3) is 0 Å². The molecule has 0 aromatic carbocycles. The average Bonchev–Trinajstić information content (AvgIpc) is 1.67. The SMILES string of the molecule is CNS(=O)(=O)CCCl. The Bertz CT molecular complexity index is 141. The summed E-state index contributed by atoms with van der Waals surface area (Å²) in [7, 11) is -1.69. The Kier molecular flexibility index (Phi) is 3.35. The first-order valence-corrected chi connectivity index (χ1v) is 4.28. The molecule has 0 aromatic rings. The second-order valence-corrected chi connectivity index (χ2v) is 3.64. The quantitative estimate of drug-likeness (QED) is 0.576. The average molecular weight is 158 g/mol. The molecule has 0 aliphatic carbocycles. The zero-order valence-electron chi connectivity index (χ0n) is 4.52. The molecule has 8 heavy (non-hydrogen) atoms. The van der Waals surface area contributed by atoms with E-state index in [4.69, 9.17) is 11.6 Å². The predicted molar refractivity (Wildman–Crippen MR) is 33.6 cm³/mol. The number of rotatable bonds is 3. The van der Waals surface area contributed by atoms with Gasteiger partial charge in [-0.05, 0) is 7.05 Å². The molecule has 0 aromatic heterocycles. The number of halogens is 1. The molecule has 5 heteroatoms. The van der Waals surface area contributed by atoms with Gasteiger partial charge in [0.1, 0.15) is 0 Å². The normalized spacial score (nSPS) is 11.8. The summed E-state index contributed by atoms with van der Waals surface area (Å²) in [5.74, 6) is 0.133. The molecule has 0 saturated heterocycles. The highest BCUT2D eigenvalue weighted by Crippen LogP contribution is 1.83. The van der Waals surface area contributed by atoms with Crippen LogP contribution in [0, 0.1) is 0 Å². The molecule has 0 fully saturated rings. The fourth-order valence-electron chi connectivity index (χ4n) is 0.204. The highest BCUT2D eigenvalue weighted by molar-refractivity contribution is 7.89. The minimum absolute atomic E-state index is 0.00887. The minimum atomic E-state index is -3.05. The van der Waals surface area contributed by atoms with Crippen molar-refractivity contribution in [2.45, 2.75) is 0 Å². The van der Waals surface area contributed by atoms with Gasteiger partial charge in [0.25, 0.3) is 0 Å². The second-order valence-electron chi connectivity index (χ2n) is 1.21. The number of nitrogens with one attached hydrogen (secondary N) is 1. The van der Waals surface area contributed by atoms with Gasteiger partial charge in [0.2, 0.25) is 10.0 Å². The standard InChI is InChI=1S/C3H8ClNO2S/c1-5-8(6,7)3-2-4/h5H,2-3H2,1H3. The monoisotopic (exact) mass is 157 g/mol. The predicted octanol–water partition coefficient (Wildman–Crippen LogP) is -0.226. The lowest BCUT2D eigenvalue weighted by atomic mass is 11.0. The van der Waals surface area contributed by atoms with E-state index in [2.05, 4.69) is 4.72 Å². The molecule has 0 spiro atoms. The van der Waals surface area contributed by atoms with Gasteiger partial charge in [-0.1, -0.05) is 0 Å². The van der Waals surface area contributed by atoms with Crippen molar-refractivity contribution in [3.63, 3.8) is 0 Å². The molecule has 0 saturated carbocycles. The molecule has 50 valence electrons. The Morgan fingerprint density at radius 2 is 2.12 bits per heavy atom. The van der Waals surface area contributed by atoms with E-state index < -0.39 is 10.0 Å². The summed E-state index contributed by atoms with van der Waals surface area (Å²) in [6.07, 6.45) is 0. The largest absolute Gasteiger partial charge is 0.218 e. The number of alkyl halides is 1. The van der Waals surface area contributed by atoms with Gasteiger partial charge in [0.15, 0.2) is 0 Å². The summed E-state index contributed by atoms with van der Waals surface area (Å²) < 4.78 is 22.9. The van der Waals surface area contributed by atoms with Crippen LogP contribution in [-0.2, 0) is 10.0 Å². The maximum Gasteiger partial charge on any atom is 0.212 e. The molecule has 0 heterocycles. The topological polar surface area (TPSA) is 46.2 Å². The molecule has 0 rings (SSSR count). The Hall–Kier alpha value is 0.200. The Morgan fingerprint density at radius 1 is 1.62 bits per heavy atom. The van der Waals surface area contributed by atoms with Gasteiger partial charge < -0.3 is 0 Å². The first-order valence-electron chi connectivity index (χ1n) is 2.09. The molecule has 0 bridgehead atoms. The van der Waals surface area contributed by atoms with Crippen LogP contribution in [-0.4, -0.2) is 27.1 Å². The van der Waals surface area contributed by atoms with Crippen LogP contribution >= 0.6 is 11.6 Å². The first-order chi connectivity index (χ1) is 3.62. The third-order valence-corrected chi connectivity index (χ3v) is 2.43. The zero-order chi connectivity index (χ0) is 6.62. The molecule has 0 amide bonds. The molecular formula is C3H8ClNO2S. The van der Waals surface area contributed by atoms with Gasteiger partial charge >= 0.3 is 0 Å². The van der Waals surface area contributed by atoms with E-state index in [1.807, 2.05) is 0 Å². The van der Waals surface area contributed by atoms with Crippen molar-refractivity contribution in [2.75, 3.05) is 18.7 Å². The van der Waals surface area contributed by atoms with Crippen molar-refractivity contribution in [1.82, 2.24) is 4.72 Å². The van der Waals surface area contributed by atoms with Crippen LogP contribution in [0.15, 0.2) is 0 Å². The number of hydrogen-bond donors (Lipinski definition) is 1. The third-order valence-electron chi connectivity index (χ3n) is 0.657. The van der Waals surface area contributed by atoms with Crippen LogP contribution in [0.1, 0.15) is 0 Å². The molecule has 1 N–H and O–H groups in total. The molecule has 0 radical (unpaired) electrons. The molecular weight excluding hydrogens is 150 g/mol. The van der Waals surface area contributed by atoms with Crippen molar-refractivity contribution >= 4 is 21.6 Å². The summed E-state index contributed by atoms with van der Waals surface area (Å²) in [4.78, 5) is 0. The van der Waals surface area contributed by atoms with E-state index >= 15 is 0 Å². The summed E-state index contributed by atoms with van der Waals surface area (Å²) in [5.41, 5.74) is 0. The van der Waals surface area contributed by atoms with Gasteiger partial charge in [-0.15, -0.1) is 11.6 Å². The maximum atomic E-state index is 10.4. The molecule has 0 unspecified atom stereocenters. The van der Waals surface area contributed by atoms with Gasteiger partial charge in [0.05, 0.1) is 5.75 Å². The van der Waals surface area contributed by atoms with Crippen molar-refractivity contribution < 1.29 is 8.42 Å². The summed E-state index contributed by atoms with van der Waals surface area (Å²) in [6.45, 7) is 0. The lowest BCUT2D eigenvalue weighted by Gasteiger charge is -1.94. The van der Waals surface area contributed by atoms with Gasteiger partial charge in [-0.2, -0.15) is 0 Å². The smallest absolute Gasteiger partial charge is 0.212 e. The second kappa shape index (κ2) is 3.27. The van der Waals surface area contributed by atoms with Crippen LogP contribution < -0.4 is 4.72 Å². The Labute approximate surface area is 54.1 Å². The Balaban J connectivity index is 3.76. The van der Waals surface area contributed by atoms with Crippen molar-refractivity contribution in [1.29, 1.82) is 0 Å². The van der Waals surface area contributed by atoms with Crippen molar-refractivity contribution in [3.8, 4) is 0 Å². The van der Waals surface area contributed by atoms with Crippen LogP contribution in [0.3, 0.4) is 0 Å². The lowest BCUT2D eigenvalue weighted by molar-refractivity contribution is 0.590. The molecule has 0 atom stereocenters. The third kappa shape index (κ3) is 3.23. The van der Waals surface area contributed by atoms with Crippen molar-refractivity contribution in [3.05, 3.63) is 0 Å². The first kappa shape index (κ1) is 8.20. The van der Waals surface area contributed by atoms with E-state index in [-0.39, 0.29) is 11.6 Å². The van der Waals surface area contributed by atoms with E-state index in [1.165, 1.54) is 7.05 Å². The highest BCUT2D eigenvalue weighted by Gasteiger charge is 2.02. The minimum Gasteiger partial charge on any atom is -0.218 e. The van der Waals surface area contributed by atoms with Crippen LogP contribution in [0.4, 0.5) is 0 Å². The maximum absolute atomic E-state index is 10.4. The van der Waals surface area contributed by atoms with Crippen molar-refractivity contribution in [2.24, 2.45) is 0 Å². The van der Waals surface area contributed by atoms with Gasteiger partial charge in [-0.25, -0.2) is 13.1 Å². The summed E-state index contributed by atoms with van der Waals surface area (Å²) in [6, 6.07) is 0. The summed E-state index contributed by atoms with van der Waals surface area (Å²) >= 11 is 5.15. The fraction of sp³-hybridized carbons (Fsp3) is 1.00. The zero-order valence-corrected chi connectivity index (χ0v) is 6.09. The van der Waals surface area contributed by atoms with E-state index in [1.54, 1.807) is 0 Å². The Morgan fingerprint density at radius 3 is 2.25 bits per heavy atom. The summed E-state index contributed by atoms with van der Waals surface area (Å²) in [5, 5.41) is 0. The molecule has 0 aliphatic rings.